The summed E-state index contributed by atoms with van der Waals surface area (Å²) in [6.07, 6.45) is 8.70. The number of hydrogen-bond donors (Lipinski definition) is 2. The quantitative estimate of drug-likeness (QED) is 0.802. The number of carbonyl (C=O) groups excluding carboxylic acids is 1. The van der Waals surface area contributed by atoms with E-state index >= 15 is 0 Å². The summed E-state index contributed by atoms with van der Waals surface area (Å²) in [5, 5.41) is 12.9. The van der Waals surface area contributed by atoms with Crippen molar-refractivity contribution in [3.05, 3.63) is 0 Å². The van der Waals surface area contributed by atoms with Crippen LogP contribution in [0.25, 0.3) is 0 Å². The van der Waals surface area contributed by atoms with E-state index in [0.29, 0.717) is 12.5 Å². The van der Waals surface area contributed by atoms with Crippen molar-refractivity contribution in [2.24, 2.45) is 5.92 Å². The van der Waals surface area contributed by atoms with Crippen LogP contribution in [0.3, 0.4) is 0 Å². The minimum Gasteiger partial charge on any atom is -0.388 e. The molecule has 0 radical (unpaired) electrons. The second-order valence-electron chi connectivity index (χ2n) is 6.32. The molecule has 0 saturated heterocycles. The van der Waals surface area contributed by atoms with Crippen molar-refractivity contribution >= 4 is 5.91 Å². The Kier molecular flexibility index (Phi) is 5.22. The molecule has 2 saturated carbocycles. The number of nitrogens with one attached hydrogen (secondary N) is 1. The molecule has 0 aliphatic heterocycles. The Balaban J connectivity index is 1.64. The molecule has 4 nitrogen and oxygen atoms in total. The number of aliphatic hydroxyl groups is 1. The lowest BCUT2D eigenvalue weighted by Gasteiger charge is -2.28. The zero-order valence-corrected chi connectivity index (χ0v) is 12.0. The molecular formula is C15H27NO3. The summed E-state index contributed by atoms with van der Waals surface area (Å²) >= 11 is 0. The van der Waals surface area contributed by atoms with Crippen LogP contribution in [0.15, 0.2) is 0 Å². The van der Waals surface area contributed by atoms with Crippen molar-refractivity contribution < 1.29 is 14.6 Å². The predicted molar refractivity (Wildman–Crippen MR) is 73.8 cm³/mol. The molecule has 2 aliphatic rings. The minimum absolute atomic E-state index is 0.0990. The topological polar surface area (TPSA) is 58.6 Å². The molecule has 0 spiro atoms. The zero-order valence-electron chi connectivity index (χ0n) is 12.0. The number of amides is 1. The van der Waals surface area contributed by atoms with E-state index in [1.54, 1.807) is 0 Å². The first kappa shape index (κ1) is 14.8. The maximum atomic E-state index is 11.7. The van der Waals surface area contributed by atoms with E-state index < -0.39 is 5.60 Å². The molecule has 110 valence electrons. The zero-order chi connectivity index (χ0) is 13.7. The Hall–Kier alpha value is -0.610. The summed E-state index contributed by atoms with van der Waals surface area (Å²) in [4.78, 5) is 11.7. The van der Waals surface area contributed by atoms with Gasteiger partial charge in [-0.3, -0.25) is 4.79 Å². The summed E-state index contributed by atoms with van der Waals surface area (Å²) < 4.78 is 5.71. The predicted octanol–water partition coefficient (Wildman–Crippen LogP) is 2.00. The summed E-state index contributed by atoms with van der Waals surface area (Å²) in [6.45, 7) is 2.70. The smallest absolute Gasteiger partial charge is 0.246 e. The highest BCUT2D eigenvalue weighted by atomic mass is 16.5. The lowest BCUT2D eigenvalue weighted by molar-refractivity contribution is -0.130. The van der Waals surface area contributed by atoms with Gasteiger partial charge in [0.05, 0.1) is 11.7 Å². The van der Waals surface area contributed by atoms with Crippen LogP contribution in [0, 0.1) is 5.92 Å². The largest absolute Gasteiger partial charge is 0.388 e. The molecule has 0 bridgehead atoms. The third-order valence-electron chi connectivity index (χ3n) is 4.61. The van der Waals surface area contributed by atoms with Gasteiger partial charge in [-0.1, -0.05) is 32.6 Å². The normalized spacial score (nSPS) is 30.2. The van der Waals surface area contributed by atoms with Gasteiger partial charge < -0.3 is 15.2 Å². The fourth-order valence-electron chi connectivity index (χ4n) is 3.24. The van der Waals surface area contributed by atoms with Crippen LogP contribution in [0.4, 0.5) is 0 Å². The molecule has 0 aromatic rings. The van der Waals surface area contributed by atoms with Gasteiger partial charge in [0.25, 0.3) is 0 Å². The SMILES string of the molecule is CC1CCCCC1OCC(=O)NCC1(O)CCCC1. The van der Waals surface area contributed by atoms with Gasteiger partial charge in [0.2, 0.25) is 5.91 Å². The van der Waals surface area contributed by atoms with E-state index in [2.05, 4.69) is 12.2 Å². The van der Waals surface area contributed by atoms with Crippen LogP contribution in [-0.2, 0) is 9.53 Å². The number of carbonyl (C=O) groups is 1. The van der Waals surface area contributed by atoms with Gasteiger partial charge >= 0.3 is 0 Å². The Labute approximate surface area is 115 Å². The lowest BCUT2D eigenvalue weighted by atomic mass is 9.88. The van der Waals surface area contributed by atoms with Crippen molar-refractivity contribution in [1.29, 1.82) is 0 Å². The maximum absolute atomic E-state index is 11.7. The van der Waals surface area contributed by atoms with Gasteiger partial charge in [-0.15, -0.1) is 0 Å². The van der Waals surface area contributed by atoms with Crippen molar-refractivity contribution in [1.82, 2.24) is 5.32 Å². The Morgan fingerprint density at radius 3 is 2.63 bits per heavy atom. The van der Waals surface area contributed by atoms with Gasteiger partial charge in [0, 0.05) is 6.54 Å². The van der Waals surface area contributed by atoms with Gasteiger partial charge in [-0.05, 0) is 31.6 Å². The number of ether oxygens (including phenoxy) is 1. The van der Waals surface area contributed by atoms with E-state index in [-0.39, 0.29) is 18.6 Å². The Morgan fingerprint density at radius 1 is 1.26 bits per heavy atom. The summed E-state index contributed by atoms with van der Waals surface area (Å²) in [5.74, 6) is 0.457. The van der Waals surface area contributed by atoms with Crippen molar-refractivity contribution in [2.75, 3.05) is 13.2 Å². The highest BCUT2D eigenvalue weighted by molar-refractivity contribution is 5.77. The number of hydrogen-bond acceptors (Lipinski definition) is 3. The molecule has 1 amide bonds. The summed E-state index contributed by atoms with van der Waals surface area (Å²) in [6, 6.07) is 0. The van der Waals surface area contributed by atoms with Crippen LogP contribution in [0.5, 0.6) is 0 Å². The third kappa shape index (κ3) is 4.46. The van der Waals surface area contributed by atoms with E-state index in [0.717, 1.165) is 32.1 Å². The Bertz CT molecular complexity index is 300. The molecule has 0 aromatic carbocycles. The van der Waals surface area contributed by atoms with Gasteiger partial charge in [-0.2, -0.15) is 0 Å². The van der Waals surface area contributed by atoms with Crippen molar-refractivity contribution in [2.45, 2.75) is 70.0 Å². The number of rotatable bonds is 5. The second kappa shape index (κ2) is 6.71. The highest BCUT2D eigenvalue weighted by Crippen LogP contribution is 2.28. The molecule has 4 heteroatoms. The van der Waals surface area contributed by atoms with E-state index in [1.807, 2.05) is 0 Å². The third-order valence-corrected chi connectivity index (χ3v) is 4.61. The molecule has 0 heterocycles. The molecule has 2 N–H and O–H groups in total. The molecule has 2 aliphatic carbocycles. The molecule has 0 aromatic heterocycles. The van der Waals surface area contributed by atoms with Gasteiger partial charge in [0.1, 0.15) is 6.61 Å². The van der Waals surface area contributed by atoms with E-state index in [1.165, 1.54) is 19.3 Å². The van der Waals surface area contributed by atoms with Crippen LogP contribution >= 0.6 is 0 Å². The minimum atomic E-state index is -0.673. The molecule has 2 unspecified atom stereocenters. The van der Waals surface area contributed by atoms with Crippen LogP contribution in [0.2, 0.25) is 0 Å². The fourth-order valence-corrected chi connectivity index (χ4v) is 3.24. The molecule has 2 atom stereocenters. The monoisotopic (exact) mass is 269 g/mol. The van der Waals surface area contributed by atoms with E-state index in [4.69, 9.17) is 4.74 Å². The van der Waals surface area contributed by atoms with Crippen LogP contribution in [0.1, 0.15) is 58.3 Å². The van der Waals surface area contributed by atoms with Crippen molar-refractivity contribution in [3.63, 3.8) is 0 Å². The molecule has 19 heavy (non-hydrogen) atoms. The average molecular weight is 269 g/mol. The average Bonchev–Trinajstić information content (AvgIpc) is 2.83. The maximum Gasteiger partial charge on any atom is 0.246 e. The standard InChI is InChI=1S/C15H27NO3/c1-12-6-2-3-7-13(12)19-10-14(17)16-11-15(18)8-4-5-9-15/h12-13,18H,2-11H2,1H3,(H,16,17). The van der Waals surface area contributed by atoms with Gasteiger partial charge in [0.15, 0.2) is 0 Å². The second-order valence-corrected chi connectivity index (χ2v) is 6.32. The van der Waals surface area contributed by atoms with E-state index in [9.17, 15) is 9.90 Å². The van der Waals surface area contributed by atoms with Crippen LogP contribution < -0.4 is 5.32 Å². The van der Waals surface area contributed by atoms with Crippen molar-refractivity contribution in [3.8, 4) is 0 Å². The lowest BCUT2D eigenvalue weighted by Crippen LogP contribution is -2.42. The first-order chi connectivity index (χ1) is 9.09. The van der Waals surface area contributed by atoms with Gasteiger partial charge in [-0.25, -0.2) is 0 Å². The highest BCUT2D eigenvalue weighted by Gasteiger charge is 2.31. The molecule has 2 rings (SSSR count). The summed E-state index contributed by atoms with van der Waals surface area (Å²) in [5.41, 5.74) is -0.673. The fraction of sp³-hybridized carbons (Fsp3) is 0.933. The first-order valence-electron chi connectivity index (χ1n) is 7.70. The molecular weight excluding hydrogens is 242 g/mol. The molecule has 2 fully saturated rings. The Morgan fingerprint density at radius 2 is 1.95 bits per heavy atom. The van der Waals surface area contributed by atoms with Crippen LogP contribution in [-0.4, -0.2) is 35.9 Å². The first-order valence-corrected chi connectivity index (χ1v) is 7.70. The summed E-state index contributed by atoms with van der Waals surface area (Å²) in [7, 11) is 0.